The highest BCUT2D eigenvalue weighted by atomic mass is 16.3. The predicted molar refractivity (Wildman–Crippen MR) is 66.1 cm³/mol. The number of nitrogens with zero attached hydrogens (tertiary/aromatic N) is 2. The number of carbonyl (C=O) groups excluding carboxylic acids is 1. The molecule has 2 rings (SSSR count). The maximum atomic E-state index is 12.3. The van der Waals surface area contributed by atoms with Crippen molar-refractivity contribution >= 4 is 5.91 Å². The minimum Gasteiger partial charge on any atom is -0.396 e. The van der Waals surface area contributed by atoms with Crippen molar-refractivity contribution in [1.82, 2.24) is 9.88 Å². The molecule has 1 fully saturated rings. The molecule has 98 valence electrons. The molecule has 2 N–H and O–H groups in total. The summed E-state index contributed by atoms with van der Waals surface area (Å²) in [5.41, 5.74) is 1.46. The summed E-state index contributed by atoms with van der Waals surface area (Å²) in [7, 11) is 0. The van der Waals surface area contributed by atoms with Gasteiger partial charge in [-0.05, 0) is 25.0 Å². The van der Waals surface area contributed by atoms with Gasteiger partial charge in [0.05, 0.1) is 11.7 Å². The van der Waals surface area contributed by atoms with Crippen LogP contribution < -0.4 is 0 Å². The molecule has 0 bridgehead atoms. The lowest BCUT2D eigenvalue weighted by atomic mass is 9.94. The molecule has 1 aromatic heterocycles. The van der Waals surface area contributed by atoms with Gasteiger partial charge in [0.2, 0.25) is 0 Å². The second-order valence-electron chi connectivity index (χ2n) is 4.74. The largest absolute Gasteiger partial charge is 0.396 e. The van der Waals surface area contributed by atoms with Crippen LogP contribution >= 0.6 is 0 Å². The Bertz CT molecular complexity index is 436. The Balaban J connectivity index is 2.10. The zero-order valence-corrected chi connectivity index (χ0v) is 10.4. The molecule has 1 aromatic rings. The Hall–Kier alpha value is -1.46. The van der Waals surface area contributed by atoms with Gasteiger partial charge >= 0.3 is 0 Å². The van der Waals surface area contributed by atoms with Crippen LogP contribution in [0.3, 0.4) is 0 Å². The van der Waals surface area contributed by atoms with Crippen molar-refractivity contribution in [2.75, 3.05) is 19.7 Å². The standard InChI is InChI=1S/C13H18N2O3/c1-9-2-4-14-6-11(9)13(18)15-5-3-10(8-16)12(17)7-15/h2,4,6,10,12,16-17H,3,5,7-8H2,1H3/t10-,12+/m1/s1. The van der Waals surface area contributed by atoms with Gasteiger partial charge in [-0.2, -0.15) is 0 Å². The number of aliphatic hydroxyl groups excluding tert-OH is 2. The van der Waals surface area contributed by atoms with E-state index in [0.717, 1.165) is 5.56 Å². The molecule has 1 aliphatic heterocycles. The third kappa shape index (κ3) is 2.52. The van der Waals surface area contributed by atoms with E-state index in [4.69, 9.17) is 5.11 Å². The highest BCUT2D eigenvalue weighted by molar-refractivity contribution is 5.95. The quantitative estimate of drug-likeness (QED) is 0.786. The van der Waals surface area contributed by atoms with E-state index in [1.165, 1.54) is 0 Å². The first kappa shape index (κ1) is 13.0. The van der Waals surface area contributed by atoms with E-state index >= 15 is 0 Å². The van der Waals surface area contributed by atoms with E-state index in [1.54, 1.807) is 23.4 Å². The number of rotatable bonds is 2. The first-order valence-electron chi connectivity index (χ1n) is 6.12. The Morgan fingerprint density at radius 3 is 3.00 bits per heavy atom. The number of β-amino-alcohol motifs (C(OH)–C–C–N with tert-alkyl or cyclic N) is 1. The number of piperidine rings is 1. The van der Waals surface area contributed by atoms with Gasteiger partial charge in [0.15, 0.2) is 0 Å². The molecule has 0 aromatic carbocycles. The topological polar surface area (TPSA) is 73.7 Å². The van der Waals surface area contributed by atoms with E-state index in [2.05, 4.69) is 4.98 Å². The van der Waals surface area contributed by atoms with Crippen LogP contribution in [0.4, 0.5) is 0 Å². The number of hydrogen-bond donors (Lipinski definition) is 2. The number of likely N-dealkylation sites (tertiary alicyclic amines) is 1. The molecule has 0 spiro atoms. The minimum atomic E-state index is -0.648. The first-order valence-corrected chi connectivity index (χ1v) is 6.12. The number of aliphatic hydroxyl groups is 2. The van der Waals surface area contributed by atoms with Crippen LogP contribution in [0, 0.1) is 12.8 Å². The van der Waals surface area contributed by atoms with E-state index < -0.39 is 6.10 Å². The SMILES string of the molecule is Cc1ccncc1C(=O)N1CC[C@H](CO)[C@@H](O)C1. The Labute approximate surface area is 106 Å². The number of aromatic nitrogens is 1. The van der Waals surface area contributed by atoms with Gasteiger partial charge in [-0.1, -0.05) is 0 Å². The van der Waals surface area contributed by atoms with Gasteiger partial charge in [0.25, 0.3) is 5.91 Å². The van der Waals surface area contributed by atoms with Crippen LogP contribution in [0.15, 0.2) is 18.5 Å². The molecule has 1 saturated heterocycles. The molecule has 0 aliphatic carbocycles. The highest BCUT2D eigenvalue weighted by Crippen LogP contribution is 2.19. The van der Waals surface area contributed by atoms with Crippen LogP contribution in [0.25, 0.3) is 0 Å². The van der Waals surface area contributed by atoms with Crippen molar-refractivity contribution in [3.05, 3.63) is 29.6 Å². The second kappa shape index (κ2) is 5.46. The van der Waals surface area contributed by atoms with Crippen molar-refractivity contribution in [1.29, 1.82) is 0 Å². The van der Waals surface area contributed by atoms with E-state index in [-0.39, 0.29) is 25.0 Å². The van der Waals surface area contributed by atoms with Gasteiger partial charge < -0.3 is 15.1 Å². The summed E-state index contributed by atoms with van der Waals surface area (Å²) in [5.74, 6) is -0.222. The van der Waals surface area contributed by atoms with Gasteiger partial charge in [0.1, 0.15) is 0 Å². The summed E-state index contributed by atoms with van der Waals surface area (Å²) < 4.78 is 0. The average Bonchev–Trinajstić information content (AvgIpc) is 2.38. The fourth-order valence-electron chi connectivity index (χ4n) is 2.24. The van der Waals surface area contributed by atoms with Crippen LogP contribution in [-0.4, -0.2) is 51.8 Å². The van der Waals surface area contributed by atoms with Crippen LogP contribution in [0.1, 0.15) is 22.3 Å². The van der Waals surface area contributed by atoms with E-state index in [1.807, 2.05) is 6.92 Å². The average molecular weight is 250 g/mol. The molecule has 1 amide bonds. The number of carbonyl (C=O) groups is 1. The Morgan fingerprint density at radius 1 is 1.61 bits per heavy atom. The predicted octanol–water partition coefficient (Wildman–Crippen LogP) is 0.205. The van der Waals surface area contributed by atoms with Gasteiger partial charge in [0, 0.05) is 38.0 Å². The van der Waals surface area contributed by atoms with Gasteiger partial charge in [-0.25, -0.2) is 0 Å². The second-order valence-corrected chi connectivity index (χ2v) is 4.74. The zero-order chi connectivity index (χ0) is 13.1. The lowest BCUT2D eigenvalue weighted by Crippen LogP contribution is -2.47. The van der Waals surface area contributed by atoms with Gasteiger partial charge in [-0.15, -0.1) is 0 Å². The van der Waals surface area contributed by atoms with Crippen molar-refractivity contribution < 1.29 is 15.0 Å². The van der Waals surface area contributed by atoms with Crippen molar-refractivity contribution in [3.63, 3.8) is 0 Å². The lowest BCUT2D eigenvalue weighted by Gasteiger charge is -2.35. The fraction of sp³-hybridized carbons (Fsp3) is 0.538. The molecule has 5 nitrogen and oxygen atoms in total. The number of pyridine rings is 1. The molecular formula is C13H18N2O3. The molecule has 2 atom stereocenters. The third-order valence-corrected chi connectivity index (χ3v) is 3.51. The minimum absolute atomic E-state index is 0.0326. The molecule has 1 aliphatic rings. The van der Waals surface area contributed by atoms with Crippen LogP contribution in [0.5, 0.6) is 0 Å². The van der Waals surface area contributed by atoms with E-state index in [9.17, 15) is 9.90 Å². The molecule has 18 heavy (non-hydrogen) atoms. The molecule has 0 unspecified atom stereocenters. The Kier molecular flexibility index (Phi) is 3.93. The van der Waals surface area contributed by atoms with Crippen molar-refractivity contribution in [2.45, 2.75) is 19.4 Å². The fourth-order valence-corrected chi connectivity index (χ4v) is 2.24. The number of amides is 1. The van der Waals surface area contributed by atoms with Crippen LogP contribution in [0.2, 0.25) is 0 Å². The summed E-state index contributed by atoms with van der Waals surface area (Å²) in [5, 5.41) is 18.9. The van der Waals surface area contributed by atoms with Gasteiger partial charge in [-0.3, -0.25) is 9.78 Å². The zero-order valence-electron chi connectivity index (χ0n) is 10.4. The molecule has 0 radical (unpaired) electrons. The smallest absolute Gasteiger partial charge is 0.255 e. The highest BCUT2D eigenvalue weighted by Gasteiger charge is 2.30. The third-order valence-electron chi connectivity index (χ3n) is 3.51. The Morgan fingerprint density at radius 2 is 2.39 bits per heavy atom. The maximum Gasteiger partial charge on any atom is 0.255 e. The van der Waals surface area contributed by atoms with E-state index in [0.29, 0.717) is 18.5 Å². The normalized spacial score (nSPS) is 24.1. The molecule has 0 saturated carbocycles. The van der Waals surface area contributed by atoms with Crippen molar-refractivity contribution in [3.8, 4) is 0 Å². The van der Waals surface area contributed by atoms with Crippen LogP contribution in [-0.2, 0) is 0 Å². The van der Waals surface area contributed by atoms with Crippen molar-refractivity contribution in [2.24, 2.45) is 5.92 Å². The molecular weight excluding hydrogens is 232 g/mol. The lowest BCUT2D eigenvalue weighted by molar-refractivity contribution is 0.000828. The molecule has 2 heterocycles. The summed E-state index contributed by atoms with van der Waals surface area (Å²) in [4.78, 5) is 17.9. The first-order chi connectivity index (χ1) is 8.63. The number of aryl methyl sites for hydroxylation is 1. The molecule has 5 heteroatoms. The maximum absolute atomic E-state index is 12.3. The summed E-state index contributed by atoms with van der Waals surface area (Å²) in [6.45, 7) is 2.68. The summed E-state index contributed by atoms with van der Waals surface area (Å²) in [6.07, 6.45) is 3.19. The number of hydrogen-bond acceptors (Lipinski definition) is 4. The summed E-state index contributed by atoms with van der Waals surface area (Å²) >= 11 is 0. The summed E-state index contributed by atoms with van der Waals surface area (Å²) in [6, 6.07) is 1.80. The monoisotopic (exact) mass is 250 g/mol.